The Morgan fingerprint density at radius 3 is 1.77 bits per heavy atom. The number of hydrogen-bond acceptors (Lipinski definition) is 18. The molecule has 5 atom stereocenters. The molecule has 0 saturated carbocycles. The number of hydrogen-bond donors (Lipinski definition) is 0. The summed E-state index contributed by atoms with van der Waals surface area (Å²) in [4.78, 5) is 111. The van der Waals surface area contributed by atoms with Crippen molar-refractivity contribution >= 4 is 64.8 Å². The third-order valence-corrected chi connectivity index (χ3v) is 12.3. The molecule has 20 nitrogen and oxygen atoms in total. The van der Waals surface area contributed by atoms with Gasteiger partial charge in [-0.05, 0) is 106 Å². The molecule has 1 aromatic rings. The molecule has 64 heavy (non-hydrogen) atoms. The van der Waals surface area contributed by atoms with Crippen molar-refractivity contribution in [3.63, 3.8) is 0 Å². The number of carbonyl (C=O) groups excluding carboxylic acids is 8. The molecule has 4 aliphatic heterocycles. The first-order chi connectivity index (χ1) is 29.4. The fraction of sp³-hybridized carbons (Fsp3) is 0.488. The maximum absolute atomic E-state index is 12.5. The van der Waals surface area contributed by atoms with Gasteiger partial charge >= 0.3 is 0 Å². The average Bonchev–Trinajstić information content (AvgIpc) is 3.80. The summed E-state index contributed by atoms with van der Waals surface area (Å²) >= 11 is 0. The van der Waals surface area contributed by atoms with Gasteiger partial charge in [-0.25, -0.2) is 0 Å². The summed E-state index contributed by atoms with van der Waals surface area (Å²) in [5.74, 6) is -16.0. The summed E-state index contributed by atoms with van der Waals surface area (Å²) in [6, 6.07) is 0. The van der Waals surface area contributed by atoms with Crippen LogP contribution in [-0.2, 0) is 74.4 Å². The predicted octanol–water partition coefficient (Wildman–Crippen LogP) is -5.91. The Labute approximate surface area is 375 Å². The van der Waals surface area contributed by atoms with Gasteiger partial charge in [-0.15, -0.1) is 11.4 Å². The number of nitrogens with zero attached hydrogens (tertiary/aromatic N) is 4. The second-order valence-electron chi connectivity index (χ2n) is 16.6. The third kappa shape index (κ3) is 10.9. The van der Waals surface area contributed by atoms with Gasteiger partial charge in [0.05, 0.1) is 0 Å². The Balaban J connectivity index is 0.00000898. The molecule has 0 spiro atoms. The number of aliphatic carboxylic acids is 8. The molecule has 1 fully saturated rings. The van der Waals surface area contributed by atoms with Gasteiger partial charge in [0, 0.05) is 111 Å². The number of aliphatic imine (C=N–C) groups is 2. The van der Waals surface area contributed by atoms with Crippen molar-refractivity contribution in [2.24, 2.45) is 38.6 Å². The molecule has 4 aliphatic rings. The van der Waals surface area contributed by atoms with E-state index in [2.05, 4.69) is 0 Å². The minimum absolute atomic E-state index is 0. The van der Waals surface area contributed by atoms with Crippen molar-refractivity contribution in [1.29, 1.82) is 0 Å². The molecule has 1 radical (unpaired) electrons. The van der Waals surface area contributed by atoms with Crippen LogP contribution in [0.25, 0.3) is 10.9 Å². The van der Waals surface area contributed by atoms with Gasteiger partial charge in [0.1, 0.15) is 0 Å². The van der Waals surface area contributed by atoms with Gasteiger partial charge in [-0.2, -0.15) is 11.4 Å². The summed E-state index contributed by atoms with van der Waals surface area (Å²) in [5.41, 5.74) is -3.33. The van der Waals surface area contributed by atoms with Gasteiger partial charge in [-0.1, -0.05) is 37.1 Å². The Kier molecular flexibility index (Phi) is 15.7. The van der Waals surface area contributed by atoms with Crippen molar-refractivity contribution in [2.75, 3.05) is 0 Å². The van der Waals surface area contributed by atoms with Gasteiger partial charge < -0.3 is 89.5 Å². The van der Waals surface area contributed by atoms with Crippen LogP contribution in [0.4, 0.5) is 0 Å². The molecule has 5 rings (SSSR count). The minimum atomic E-state index is -1.67. The van der Waals surface area contributed by atoms with Crippen molar-refractivity contribution in [1.82, 2.24) is 4.98 Å². The molecule has 0 N–H and O–H groups in total. The van der Waals surface area contributed by atoms with E-state index in [1.54, 1.807) is 0 Å². The zero-order chi connectivity index (χ0) is 46.7. The van der Waals surface area contributed by atoms with Crippen LogP contribution in [0.5, 0.6) is 0 Å². The molecule has 8 bridgehead atoms. The summed E-state index contributed by atoms with van der Waals surface area (Å²) in [5, 5.41) is 102. The van der Waals surface area contributed by atoms with Gasteiger partial charge in [-0.3, -0.25) is 9.98 Å². The number of carbonyl (C=O) groups is 8. The largest absolute Gasteiger partial charge is 0.664 e. The van der Waals surface area contributed by atoms with Crippen molar-refractivity contribution in [2.45, 2.75) is 104 Å². The van der Waals surface area contributed by atoms with E-state index in [1.165, 1.54) is 32.9 Å². The van der Waals surface area contributed by atoms with Crippen LogP contribution in [0, 0.1) is 28.6 Å². The molecule has 0 aromatic carbocycles. The van der Waals surface area contributed by atoms with Gasteiger partial charge in [0.15, 0.2) is 0 Å². The molecule has 0 amide bonds. The Morgan fingerprint density at radius 2 is 1.22 bits per heavy atom. The van der Waals surface area contributed by atoms with E-state index in [1.807, 2.05) is 0 Å². The van der Waals surface area contributed by atoms with E-state index >= 15 is 0 Å². The molecule has 1 saturated heterocycles. The van der Waals surface area contributed by atoms with Gasteiger partial charge in [0.2, 0.25) is 0 Å². The molecule has 0 aliphatic carbocycles. The maximum atomic E-state index is 12.5. The van der Waals surface area contributed by atoms with Crippen molar-refractivity contribution in [3.8, 4) is 0 Å². The number of fused-ring (bicyclic) bond motifs is 6. The van der Waals surface area contributed by atoms with Crippen LogP contribution in [0.2, 0.25) is 0 Å². The molecular weight excluding hydrogens is 887 g/mol. The molecule has 1 unspecified atom stereocenters. The minimum Gasteiger partial charge on any atom is -0.664 e. The monoisotopic (exact) mass is 927 g/mol. The number of allylic oxidation sites excluding steroid dienone is 8. The van der Waals surface area contributed by atoms with E-state index in [4.69, 9.17) is 20.3 Å². The number of carboxylic acid groups (broad SMARTS) is 8. The Bertz CT molecular complexity index is 2370. The third-order valence-electron chi connectivity index (χ3n) is 12.3. The van der Waals surface area contributed by atoms with E-state index in [9.17, 15) is 79.2 Å². The predicted molar refractivity (Wildman–Crippen MR) is 198 cm³/mol. The standard InChI is InChI=1S/C43H49N4O16.Co/c1-19-40-23(13-37(58)59)21(5-9-33(50)51)27(46-40)14-26-20(4-8-32(48)49)22(12-36(56)57)28(44-26)15-29-24(6-10-34(52)53)42(2,17-38(60)61)31(45-29)16-30-25(7-11-35(54)55)43(3,18-39(62)63)41(19)47-30;/h15-16,22,24-25H,4-14,17-18H2,1-3H3,(H9,44,45,47,48,49,50,51,52,53,54,55,56,57,58,59,60,61,62,63);/q-1;/p-9/t22?,24-,25-,42+,43+;/m1./s1. The molecule has 21 heteroatoms. The summed E-state index contributed by atoms with van der Waals surface area (Å²) in [6.07, 6.45) is -4.86. The van der Waals surface area contributed by atoms with E-state index < -0.39 is 128 Å². The second-order valence-corrected chi connectivity index (χ2v) is 16.6. The quantitative estimate of drug-likeness (QED) is 0.117. The SMILES string of the molecule is CC1=C2N=C(C=C3[N-]C(=CC4=NC(=C(CCC(=O)[O-])C4CC(=O)[O-])Cc4[n-]c1c(CC(=O)[O-])c4CCC(=O)[O-])[C@@H](CCC(=O)[O-])[C@]3(C)CC(=O)[O-])[C@@H](CCC(=O)[O-])[C@]2(C)CC(=O)[O-].[Co]. The molecular formula is C43H40CoN4O16-10. The first-order valence-corrected chi connectivity index (χ1v) is 20.0. The fourth-order valence-electron chi connectivity index (χ4n) is 9.51. The summed E-state index contributed by atoms with van der Waals surface area (Å²) in [7, 11) is 0. The Hall–Kier alpha value is -6.35. The Morgan fingerprint density at radius 1 is 0.656 bits per heavy atom. The van der Waals surface area contributed by atoms with E-state index in [0.29, 0.717) is 0 Å². The molecule has 347 valence electrons. The van der Waals surface area contributed by atoms with Crippen LogP contribution >= 0.6 is 0 Å². The van der Waals surface area contributed by atoms with Crippen LogP contribution in [-0.4, -0.2) is 59.2 Å². The van der Waals surface area contributed by atoms with Crippen LogP contribution in [0.1, 0.15) is 107 Å². The van der Waals surface area contributed by atoms with Crippen LogP contribution < -0.4 is 45.8 Å². The topological polar surface area (TPSA) is 374 Å². The number of rotatable bonds is 20. The maximum Gasteiger partial charge on any atom is 0.0493 e. The smallest absolute Gasteiger partial charge is 0.0493 e. The normalized spacial score (nSPS) is 23.6. The van der Waals surface area contributed by atoms with Gasteiger partial charge in [0.25, 0.3) is 0 Å². The summed E-state index contributed by atoms with van der Waals surface area (Å²) in [6.45, 7) is 4.32. The van der Waals surface area contributed by atoms with Crippen molar-refractivity contribution in [3.05, 3.63) is 68.3 Å². The average molecular weight is 928 g/mol. The number of carboxylic acids is 8. The first kappa shape index (κ1) is 50.3. The zero-order valence-corrected chi connectivity index (χ0v) is 35.8. The second kappa shape index (κ2) is 20.0. The number of aromatic nitrogens is 1. The molecule has 5 heterocycles. The zero-order valence-electron chi connectivity index (χ0n) is 34.7. The first-order valence-electron chi connectivity index (χ1n) is 20.0. The van der Waals surface area contributed by atoms with Crippen LogP contribution in [0.15, 0.2) is 50.5 Å². The van der Waals surface area contributed by atoms with Crippen LogP contribution in [0.3, 0.4) is 0 Å². The summed E-state index contributed by atoms with van der Waals surface area (Å²) < 4.78 is 0. The van der Waals surface area contributed by atoms with E-state index in [-0.39, 0.29) is 117 Å². The fourth-order valence-corrected chi connectivity index (χ4v) is 9.51. The van der Waals surface area contributed by atoms with Crippen molar-refractivity contribution < 1.29 is 96.0 Å². The molecule has 1 aromatic heterocycles. The van der Waals surface area contributed by atoms with E-state index in [0.717, 1.165) is 0 Å².